The molecule has 0 fully saturated rings. The smallest absolute Gasteiger partial charge is 0.150 e. The minimum absolute atomic E-state index is 0.320. The molecule has 0 aliphatic rings. The van der Waals surface area contributed by atoms with Gasteiger partial charge in [0.25, 0.3) is 0 Å². The standard InChI is InChI=1S/C15H11FN2/c16-13-10-17-9-8-12(13)15-7-6-14(18-15)11-4-2-1-3-5-11/h1-10,18H. The molecule has 3 rings (SSSR count). The highest BCUT2D eigenvalue weighted by Gasteiger charge is 2.07. The molecule has 0 atom stereocenters. The molecule has 1 aromatic carbocycles. The molecule has 3 heteroatoms. The summed E-state index contributed by atoms with van der Waals surface area (Å²) in [5.41, 5.74) is 3.35. The van der Waals surface area contributed by atoms with Crippen LogP contribution >= 0.6 is 0 Å². The number of benzene rings is 1. The van der Waals surface area contributed by atoms with E-state index in [9.17, 15) is 4.39 Å². The van der Waals surface area contributed by atoms with Crippen molar-refractivity contribution in [1.82, 2.24) is 9.97 Å². The number of nitrogens with zero attached hydrogens (tertiary/aromatic N) is 1. The lowest BCUT2D eigenvalue weighted by atomic mass is 10.2. The van der Waals surface area contributed by atoms with Crippen LogP contribution in [0.15, 0.2) is 60.9 Å². The summed E-state index contributed by atoms with van der Waals surface area (Å²) in [5.74, 6) is -0.320. The molecule has 0 unspecified atom stereocenters. The Morgan fingerprint density at radius 1 is 0.889 bits per heavy atom. The second-order valence-electron chi connectivity index (χ2n) is 4.01. The Balaban J connectivity index is 2.03. The Bertz CT molecular complexity index is 659. The van der Waals surface area contributed by atoms with Crippen molar-refractivity contribution in [3.63, 3.8) is 0 Å². The van der Waals surface area contributed by atoms with Gasteiger partial charge in [-0.3, -0.25) is 4.98 Å². The number of rotatable bonds is 2. The van der Waals surface area contributed by atoms with Crippen LogP contribution in [0.1, 0.15) is 0 Å². The van der Waals surface area contributed by atoms with Crippen LogP contribution in [0.3, 0.4) is 0 Å². The van der Waals surface area contributed by atoms with Crippen LogP contribution in [-0.2, 0) is 0 Å². The topological polar surface area (TPSA) is 28.7 Å². The number of pyridine rings is 1. The highest BCUT2D eigenvalue weighted by atomic mass is 19.1. The quantitative estimate of drug-likeness (QED) is 0.721. The molecule has 0 bridgehead atoms. The van der Waals surface area contributed by atoms with Gasteiger partial charge in [0.2, 0.25) is 0 Å². The highest BCUT2D eigenvalue weighted by molar-refractivity contribution is 5.68. The van der Waals surface area contributed by atoms with Crippen molar-refractivity contribution in [1.29, 1.82) is 0 Å². The fourth-order valence-electron chi connectivity index (χ4n) is 1.93. The third-order valence-electron chi connectivity index (χ3n) is 2.83. The molecule has 2 nitrogen and oxygen atoms in total. The number of halogens is 1. The van der Waals surface area contributed by atoms with E-state index in [1.54, 1.807) is 12.3 Å². The predicted octanol–water partition coefficient (Wildman–Crippen LogP) is 3.88. The number of aromatic nitrogens is 2. The maximum Gasteiger partial charge on any atom is 0.150 e. The van der Waals surface area contributed by atoms with Crippen LogP contribution in [0.5, 0.6) is 0 Å². The van der Waals surface area contributed by atoms with Gasteiger partial charge in [-0.25, -0.2) is 4.39 Å². The van der Waals surface area contributed by atoms with E-state index in [2.05, 4.69) is 9.97 Å². The minimum atomic E-state index is -0.320. The molecule has 1 N–H and O–H groups in total. The summed E-state index contributed by atoms with van der Waals surface area (Å²) in [6.07, 6.45) is 2.81. The molecule has 0 amide bonds. The molecule has 18 heavy (non-hydrogen) atoms. The number of H-pyrrole nitrogens is 1. The third-order valence-corrected chi connectivity index (χ3v) is 2.83. The van der Waals surface area contributed by atoms with E-state index in [0.29, 0.717) is 5.56 Å². The Morgan fingerprint density at radius 2 is 1.67 bits per heavy atom. The summed E-state index contributed by atoms with van der Waals surface area (Å²) < 4.78 is 13.6. The van der Waals surface area contributed by atoms with Crippen molar-refractivity contribution in [3.05, 3.63) is 66.7 Å². The lowest BCUT2D eigenvalue weighted by Gasteiger charge is -2.00. The molecule has 2 heterocycles. The zero-order valence-corrected chi connectivity index (χ0v) is 9.60. The molecule has 0 saturated carbocycles. The zero-order chi connectivity index (χ0) is 12.4. The molecule has 2 aromatic heterocycles. The van der Waals surface area contributed by atoms with Gasteiger partial charge in [0.15, 0.2) is 5.82 Å². The highest BCUT2D eigenvalue weighted by Crippen LogP contribution is 2.25. The molecule has 0 radical (unpaired) electrons. The molecule has 3 aromatic rings. The average molecular weight is 238 g/mol. The van der Waals surface area contributed by atoms with Gasteiger partial charge in [-0.2, -0.15) is 0 Å². The third kappa shape index (κ3) is 1.91. The summed E-state index contributed by atoms with van der Waals surface area (Å²) in [5, 5.41) is 0. The van der Waals surface area contributed by atoms with E-state index < -0.39 is 0 Å². The van der Waals surface area contributed by atoms with Gasteiger partial charge in [-0.1, -0.05) is 30.3 Å². The van der Waals surface area contributed by atoms with E-state index in [-0.39, 0.29) is 5.82 Å². The van der Waals surface area contributed by atoms with E-state index >= 15 is 0 Å². The summed E-state index contributed by atoms with van der Waals surface area (Å²) >= 11 is 0. The minimum Gasteiger partial charge on any atom is -0.354 e. The number of hydrogen-bond acceptors (Lipinski definition) is 1. The Hall–Kier alpha value is -2.42. The van der Waals surface area contributed by atoms with Gasteiger partial charge in [0.05, 0.1) is 6.20 Å². The van der Waals surface area contributed by atoms with Crippen molar-refractivity contribution < 1.29 is 4.39 Å². The molecular weight excluding hydrogens is 227 g/mol. The molecule has 88 valence electrons. The summed E-state index contributed by atoms with van der Waals surface area (Å²) in [7, 11) is 0. The van der Waals surface area contributed by atoms with Crippen molar-refractivity contribution in [2.75, 3.05) is 0 Å². The summed E-state index contributed by atoms with van der Waals surface area (Å²) in [4.78, 5) is 6.97. The van der Waals surface area contributed by atoms with E-state index in [0.717, 1.165) is 17.0 Å². The van der Waals surface area contributed by atoms with Gasteiger partial charge in [-0.15, -0.1) is 0 Å². The van der Waals surface area contributed by atoms with Crippen LogP contribution in [-0.4, -0.2) is 9.97 Å². The van der Waals surface area contributed by atoms with Gasteiger partial charge in [0.1, 0.15) is 0 Å². The van der Waals surface area contributed by atoms with Gasteiger partial charge < -0.3 is 4.98 Å². The average Bonchev–Trinajstić information content (AvgIpc) is 2.90. The fraction of sp³-hybridized carbons (Fsp3) is 0. The second kappa shape index (κ2) is 4.45. The predicted molar refractivity (Wildman–Crippen MR) is 69.4 cm³/mol. The molecular formula is C15H11FN2. The first-order chi connectivity index (χ1) is 8.84. The van der Waals surface area contributed by atoms with Crippen LogP contribution < -0.4 is 0 Å². The Labute approximate surface area is 104 Å². The largest absolute Gasteiger partial charge is 0.354 e. The van der Waals surface area contributed by atoms with E-state index in [1.165, 1.54) is 6.20 Å². The van der Waals surface area contributed by atoms with Crippen LogP contribution in [0.25, 0.3) is 22.5 Å². The van der Waals surface area contributed by atoms with Gasteiger partial charge in [-0.05, 0) is 23.8 Å². The van der Waals surface area contributed by atoms with E-state index in [1.807, 2.05) is 42.5 Å². The molecule has 0 aliphatic heterocycles. The molecule has 0 saturated heterocycles. The second-order valence-corrected chi connectivity index (χ2v) is 4.01. The lowest BCUT2D eigenvalue weighted by Crippen LogP contribution is -1.85. The van der Waals surface area contributed by atoms with Crippen LogP contribution in [0.2, 0.25) is 0 Å². The van der Waals surface area contributed by atoms with Crippen LogP contribution in [0.4, 0.5) is 4.39 Å². The van der Waals surface area contributed by atoms with E-state index in [4.69, 9.17) is 0 Å². The zero-order valence-electron chi connectivity index (χ0n) is 9.60. The molecule has 0 aliphatic carbocycles. The first-order valence-electron chi connectivity index (χ1n) is 5.69. The first-order valence-corrected chi connectivity index (χ1v) is 5.69. The van der Waals surface area contributed by atoms with Crippen LogP contribution in [0, 0.1) is 5.82 Å². The molecule has 0 spiro atoms. The maximum absolute atomic E-state index is 13.6. The summed E-state index contributed by atoms with van der Waals surface area (Å²) in [6, 6.07) is 15.4. The van der Waals surface area contributed by atoms with Crippen molar-refractivity contribution in [2.45, 2.75) is 0 Å². The normalized spacial score (nSPS) is 10.5. The number of nitrogens with one attached hydrogen (secondary N) is 1. The number of aromatic amines is 1. The van der Waals surface area contributed by atoms with Gasteiger partial charge in [0, 0.05) is 23.1 Å². The fourth-order valence-corrected chi connectivity index (χ4v) is 1.93. The van der Waals surface area contributed by atoms with Crippen molar-refractivity contribution in [2.24, 2.45) is 0 Å². The first kappa shape index (κ1) is 10.7. The SMILES string of the molecule is Fc1cnccc1-c1ccc(-c2ccccc2)[nH]1. The number of hydrogen-bond donors (Lipinski definition) is 1. The van der Waals surface area contributed by atoms with Crippen molar-refractivity contribution >= 4 is 0 Å². The Morgan fingerprint density at radius 3 is 2.44 bits per heavy atom. The van der Waals surface area contributed by atoms with Crippen molar-refractivity contribution in [3.8, 4) is 22.5 Å². The Kier molecular flexibility index (Phi) is 2.65. The van der Waals surface area contributed by atoms with Gasteiger partial charge >= 0.3 is 0 Å². The monoisotopic (exact) mass is 238 g/mol. The lowest BCUT2D eigenvalue weighted by molar-refractivity contribution is 0.624. The summed E-state index contributed by atoms with van der Waals surface area (Å²) in [6.45, 7) is 0. The maximum atomic E-state index is 13.6.